The number of rotatable bonds is 5. The van der Waals surface area contributed by atoms with Gasteiger partial charge in [-0.2, -0.15) is 5.10 Å². The molecule has 14 heavy (non-hydrogen) atoms. The van der Waals surface area contributed by atoms with Gasteiger partial charge in [-0.25, -0.2) is 0 Å². The van der Waals surface area contributed by atoms with Gasteiger partial charge < -0.3 is 10.1 Å². The molecule has 0 aromatic carbocycles. The Balaban J connectivity index is 2.18. The summed E-state index contributed by atoms with van der Waals surface area (Å²) in [6.45, 7) is 2.78. The van der Waals surface area contributed by atoms with E-state index in [-0.39, 0.29) is 5.97 Å². The van der Waals surface area contributed by atoms with Crippen LogP contribution < -0.4 is 5.32 Å². The fourth-order valence-electron chi connectivity index (χ4n) is 1.04. The third-order valence-electron chi connectivity index (χ3n) is 1.65. The monoisotopic (exact) mass is 197 g/mol. The molecule has 0 atom stereocenters. The molecule has 0 fully saturated rings. The Bertz CT molecular complexity index is 296. The van der Waals surface area contributed by atoms with Gasteiger partial charge in [0.2, 0.25) is 0 Å². The van der Waals surface area contributed by atoms with E-state index in [1.54, 1.807) is 11.6 Å². The molecule has 0 aliphatic rings. The summed E-state index contributed by atoms with van der Waals surface area (Å²) in [6, 6.07) is 1.85. The van der Waals surface area contributed by atoms with Crippen LogP contribution in [0.5, 0.6) is 0 Å². The molecule has 0 radical (unpaired) electrons. The standard InChI is InChI=1S/C9H15N3O2/c1-3-14-9(13)4-6-10-8-5-7-12(2)11-8/h5,7H,3-4,6H2,1-2H3,(H,10,11). The molecular weight excluding hydrogens is 182 g/mol. The van der Waals surface area contributed by atoms with Crippen LogP contribution in [0.1, 0.15) is 13.3 Å². The molecule has 1 heterocycles. The summed E-state index contributed by atoms with van der Waals surface area (Å²) in [5.41, 5.74) is 0. The van der Waals surface area contributed by atoms with E-state index >= 15 is 0 Å². The number of carbonyl (C=O) groups excluding carboxylic acids is 1. The molecule has 0 saturated heterocycles. The van der Waals surface area contributed by atoms with Crippen molar-refractivity contribution in [3.8, 4) is 0 Å². The molecule has 1 N–H and O–H groups in total. The van der Waals surface area contributed by atoms with Crippen molar-refractivity contribution in [2.24, 2.45) is 7.05 Å². The minimum absolute atomic E-state index is 0.184. The van der Waals surface area contributed by atoms with Crippen molar-refractivity contribution in [1.82, 2.24) is 9.78 Å². The lowest BCUT2D eigenvalue weighted by Gasteiger charge is -2.02. The van der Waals surface area contributed by atoms with Crippen molar-refractivity contribution in [2.45, 2.75) is 13.3 Å². The van der Waals surface area contributed by atoms with Crippen LogP contribution in [-0.4, -0.2) is 28.9 Å². The second-order valence-electron chi connectivity index (χ2n) is 2.86. The first-order valence-corrected chi connectivity index (χ1v) is 4.61. The molecular formula is C9H15N3O2. The largest absolute Gasteiger partial charge is 0.466 e. The number of esters is 1. The van der Waals surface area contributed by atoms with E-state index in [1.165, 1.54) is 0 Å². The van der Waals surface area contributed by atoms with Gasteiger partial charge in [0.05, 0.1) is 13.0 Å². The van der Waals surface area contributed by atoms with Crippen molar-refractivity contribution < 1.29 is 9.53 Å². The lowest BCUT2D eigenvalue weighted by Crippen LogP contribution is -2.11. The summed E-state index contributed by atoms with van der Waals surface area (Å²) < 4.78 is 6.48. The number of hydrogen-bond donors (Lipinski definition) is 1. The van der Waals surface area contributed by atoms with E-state index in [0.29, 0.717) is 19.6 Å². The topological polar surface area (TPSA) is 56.1 Å². The quantitative estimate of drug-likeness (QED) is 0.709. The summed E-state index contributed by atoms with van der Waals surface area (Å²) in [6.07, 6.45) is 2.21. The van der Waals surface area contributed by atoms with Gasteiger partial charge in [0, 0.05) is 25.9 Å². The molecule has 78 valence electrons. The van der Waals surface area contributed by atoms with Crippen molar-refractivity contribution in [3.05, 3.63) is 12.3 Å². The number of hydrogen-bond acceptors (Lipinski definition) is 4. The van der Waals surface area contributed by atoms with Crippen LogP contribution in [0.15, 0.2) is 12.3 Å². The zero-order chi connectivity index (χ0) is 10.4. The van der Waals surface area contributed by atoms with Crippen LogP contribution in [0.4, 0.5) is 5.82 Å². The van der Waals surface area contributed by atoms with Crippen molar-refractivity contribution in [3.63, 3.8) is 0 Å². The van der Waals surface area contributed by atoms with Crippen LogP contribution in [0.2, 0.25) is 0 Å². The number of aromatic nitrogens is 2. The molecule has 1 aromatic rings. The lowest BCUT2D eigenvalue weighted by molar-refractivity contribution is -0.142. The van der Waals surface area contributed by atoms with Gasteiger partial charge in [0.1, 0.15) is 5.82 Å². The highest BCUT2D eigenvalue weighted by atomic mass is 16.5. The van der Waals surface area contributed by atoms with Gasteiger partial charge in [-0.15, -0.1) is 0 Å². The van der Waals surface area contributed by atoms with Gasteiger partial charge in [0.15, 0.2) is 0 Å². The van der Waals surface area contributed by atoms with E-state index in [2.05, 4.69) is 10.4 Å². The first-order valence-electron chi connectivity index (χ1n) is 4.61. The molecule has 0 saturated carbocycles. The smallest absolute Gasteiger partial charge is 0.307 e. The second kappa shape index (κ2) is 5.26. The molecule has 1 rings (SSSR count). The molecule has 0 unspecified atom stereocenters. The Labute approximate surface area is 83.1 Å². The molecule has 1 aromatic heterocycles. The number of nitrogens with one attached hydrogen (secondary N) is 1. The van der Waals surface area contributed by atoms with Gasteiger partial charge in [0.25, 0.3) is 0 Å². The zero-order valence-electron chi connectivity index (χ0n) is 8.49. The average molecular weight is 197 g/mol. The molecule has 0 amide bonds. The minimum Gasteiger partial charge on any atom is -0.466 e. The number of ether oxygens (including phenoxy) is 1. The van der Waals surface area contributed by atoms with Gasteiger partial charge in [-0.05, 0) is 6.92 Å². The van der Waals surface area contributed by atoms with Gasteiger partial charge in [-0.1, -0.05) is 0 Å². The highest BCUT2D eigenvalue weighted by Gasteiger charge is 2.01. The first kappa shape index (κ1) is 10.6. The molecule has 0 spiro atoms. The maximum Gasteiger partial charge on any atom is 0.307 e. The fraction of sp³-hybridized carbons (Fsp3) is 0.556. The molecule has 5 heteroatoms. The Morgan fingerprint density at radius 2 is 2.50 bits per heavy atom. The highest BCUT2D eigenvalue weighted by Crippen LogP contribution is 2.00. The van der Waals surface area contributed by atoms with Crippen molar-refractivity contribution in [2.75, 3.05) is 18.5 Å². The van der Waals surface area contributed by atoms with Crippen LogP contribution in [0.3, 0.4) is 0 Å². The van der Waals surface area contributed by atoms with Crippen LogP contribution in [-0.2, 0) is 16.6 Å². The third-order valence-corrected chi connectivity index (χ3v) is 1.65. The normalized spacial score (nSPS) is 9.86. The Morgan fingerprint density at radius 1 is 1.71 bits per heavy atom. The molecule has 0 bridgehead atoms. The van der Waals surface area contributed by atoms with E-state index in [4.69, 9.17) is 4.74 Å². The average Bonchev–Trinajstić information content (AvgIpc) is 2.52. The van der Waals surface area contributed by atoms with Gasteiger partial charge in [-0.3, -0.25) is 9.48 Å². The predicted octanol–water partition coefficient (Wildman–Crippen LogP) is 0.785. The lowest BCUT2D eigenvalue weighted by atomic mass is 10.4. The summed E-state index contributed by atoms with van der Waals surface area (Å²) in [5.74, 6) is 0.590. The van der Waals surface area contributed by atoms with Crippen LogP contribution in [0, 0.1) is 0 Å². The number of carbonyl (C=O) groups is 1. The highest BCUT2D eigenvalue weighted by molar-refractivity contribution is 5.69. The number of anilines is 1. The number of aryl methyl sites for hydroxylation is 1. The fourth-order valence-corrected chi connectivity index (χ4v) is 1.04. The Kier molecular flexibility index (Phi) is 3.97. The Hall–Kier alpha value is -1.52. The zero-order valence-corrected chi connectivity index (χ0v) is 8.49. The van der Waals surface area contributed by atoms with Crippen molar-refractivity contribution >= 4 is 11.8 Å². The molecule has 5 nitrogen and oxygen atoms in total. The SMILES string of the molecule is CCOC(=O)CCNc1ccn(C)n1. The third kappa shape index (κ3) is 3.47. The predicted molar refractivity (Wildman–Crippen MR) is 52.9 cm³/mol. The summed E-state index contributed by atoms with van der Waals surface area (Å²) in [7, 11) is 1.84. The van der Waals surface area contributed by atoms with Crippen LogP contribution >= 0.6 is 0 Å². The summed E-state index contributed by atoms with van der Waals surface area (Å²) in [5, 5.41) is 7.13. The Morgan fingerprint density at radius 3 is 3.07 bits per heavy atom. The van der Waals surface area contributed by atoms with Crippen molar-refractivity contribution in [1.29, 1.82) is 0 Å². The number of nitrogens with zero attached hydrogens (tertiary/aromatic N) is 2. The summed E-state index contributed by atoms with van der Waals surface area (Å²) >= 11 is 0. The van der Waals surface area contributed by atoms with E-state index in [0.717, 1.165) is 5.82 Å². The van der Waals surface area contributed by atoms with E-state index in [1.807, 2.05) is 19.3 Å². The van der Waals surface area contributed by atoms with Crippen LogP contribution in [0.25, 0.3) is 0 Å². The van der Waals surface area contributed by atoms with Gasteiger partial charge >= 0.3 is 5.97 Å². The van der Waals surface area contributed by atoms with E-state index < -0.39 is 0 Å². The minimum atomic E-state index is -0.184. The van der Waals surface area contributed by atoms with E-state index in [9.17, 15) is 4.79 Å². The summed E-state index contributed by atoms with van der Waals surface area (Å²) in [4.78, 5) is 11.0. The maximum absolute atomic E-state index is 11.0. The molecule has 0 aliphatic heterocycles. The maximum atomic E-state index is 11.0. The second-order valence-corrected chi connectivity index (χ2v) is 2.86. The molecule has 0 aliphatic carbocycles. The first-order chi connectivity index (χ1) is 6.72.